The first kappa shape index (κ1) is 21.2. The van der Waals surface area contributed by atoms with Crippen molar-refractivity contribution in [3.63, 3.8) is 0 Å². The number of ether oxygens (including phenoxy) is 3. The summed E-state index contributed by atoms with van der Waals surface area (Å²) in [5, 5.41) is 0. The minimum absolute atomic E-state index is 0.0855. The Morgan fingerprint density at radius 1 is 1.08 bits per heavy atom. The monoisotopic (exact) mass is 378 g/mol. The summed E-state index contributed by atoms with van der Waals surface area (Å²) in [6, 6.07) is 0. The summed E-state index contributed by atoms with van der Waals surface area (Å²) >= 11 is 0. The fourth-order valence-corrected chi connectivity index (χ4v) is 3.47. The highest BCUT2D eigenvalue weighted by Gasteiger charge is 2.41. The maximum Gasteiger partial charge on any atom is 0.490 e. The van der Waals surface area contributed by atoms with Gasteiger partial charge in [0.05, 0.1) is 13.2 Å². The highest BCUT2D eigenvalue weighted by molar-refractivity contribution is 5.75. The number of unbranched alkanes of at least 4 members (excludes halogenated alkanes) is 1. The Morgan fingerprint density at radius 3 is 2.27 bits per heavy atom. The number of hydrogen-bond acceptors (Lipinski definition) is 4. The van der Waals surface area contributed by atoms with Crippen LogP contribution in [0.4, 0.5) is 13.2 Å². The predicted molar refractivity (Wildman–Crippen MR) is 90.3 cm³/mol. The van der Waals surface area contributed by atoms with Gasteiger partial charge in [0.1, 0.15) is 6.61 Å². The molecule has 0 N–H and O–H groups in total. The van der Waals surface area contributed by atoms with Crippen LogP contribution in [-0.4, -0.2) is 38.3 Å². The van der Waals surface area contributed by atoms with Gasteiger partial charge in [-0.15, -0.1) is 0 Å². The maximum absolute atomic E-state index is 12.1. The number of esters is 1. The molecule has 0 spiro atoms. The molecule has 2 rings (SSSR count). The van der Waals surface area contributed by atoms with Gasteiger partial charge >= 0.3 is 12.1 Å². The minimum Gasteiger partial charge on any atom is -0.454 e. The second-order valence-corrected chi connectivity index (χ2v) is 7.26. The molecule has 1 aliphatic heterocycles. The van der Waals surface area contributed by atoms with Gasteiger partial charge in [-0.1, -0.05) is 38.3 Å². The molecule has 4 nitrogen and oxygen atoms in total. The van der Waals surface area contributed by atoms with Gasteiger partial charge < -0.3 is 14.2 Å². The minimum atomic E-state index is -4.99. The molecular formula is C19H29F3O4. The van der Waals surface area contributed by atoms with Gasteiger partial charge in [0.2, 0.25) is 0 Å². The van der Waals surface area contributed by atoms with E-state index >= 15 is 0 Å². The first-order valence-electron chi connectivity index (χ1n) is 9.54. The number of alkyl halides is 3. The molecule has 7 heteroatoms. The van der Waals surface area contributed by atoms with Crippen LogP contribution in [-0.2, 0) is 19.0 Å². The Labute approximate surface area is 153 Å². The second-order valence-electron chi connectivity index (χ2n) is 7.26. The summed E-state index contributed by atoms with van der Waals surface area (Å²) in [4.78, 5) is 10.7. The summed E-state index contributed by atoms with van der Waals surface area (Å²) < 4.78 is 51.0. The van der Waals surface area contributed by atoms with Crippen molar-refractivity contribution in [2.24, 2.45) is 17.8 Å². The number of hydrogen-bond donors (Lipinski definition) is 0. The summed E-state index contributed by atoms with van der Waals surface area (Å²) in [5.74, 6) is -0.664. The predicted octanol–water partition coefficient (Wildman–Crippen LogP) is 4.63. The highest BCUT2D eigenvalue weighted by atomic mass is 19.4. The van der Waals surface area contributed by atoms with E-state index in [0.717, 1.165) is 5.92 Å². The van der Waals surface area contributed by atoms with Crippen LogP contribution < -0.4 is 0 Å². The number of rotatable bonds is 7. The van der Waals surface area contributed by atoms with E-state index < -0.39 is 25.0 Å². The van der Waals surface area contributed by atoms with Crippen LogP contribution in [0, 0.1) is 17.8 Å². The van der Waals surface area contributed by atoms with Crippen molar-refractivity contribution in [2.45, 2.75) is 64.3 Å². The molecule has 0 radical (unpaired) electrons. The van der Waals surface area contributed by atoms with Crippen LogP contribution in [0.3, 0.4) is 0 Å². The molecule has 0 aromatic heterocycles. The third-order valence-electron chi connectivity index (χ3n) is 5.09. The quantitative estimate of drug-likeness (QED) is 0.478. The Bertz CT molecular complexity index is 448. The van der Waals surface area contributed by atoms with Crippen LogP contribution in [0.2, 0.25) is 0 Å². The molecule has 1 saturated heterocycles. The summed E-state index contributed by atoms with van der Waals surface area (Å²) in [6.45, 7) is 2.40. The van der Waals surface area contributed by atoms with E-state index in [4.69, 9.17) is 9.47 Å². The number of halogens is 3. The van der Waals surface area contributed by atoms with Crippen molar-refractivity contribution in [3.05, 3.63) is 12.2 Å². The topological polar surface area (TPSA) is 44.8 Å². The lowest BCUT2D eigenvalue weighted by molar-refractivity contribution is -0.232. The van der Waals surface area contributed by atoms with Crippen LogP contribution in [0.15, 0.2) is 12.2 Å². The fraction of sp³-hybridized carbons (Fsp3) is 0.842. The van der Waals surface area contributed by atoms with Gasteiger partial charge in [0, 0.05) is 5.92 Å². The van der Waals surface area contributed by atoms with Gasteiger partial charge in [-0.05, 0) is 37.5 Å². The average Bonchev–Trinajstić information content (AvgIpc) is 2.63. The average molecular weight is 378 g/mol. The van der Waals surface area contributed by atoms with Crippen LogP contribution in [0.25, 0.3) is 0 Å². The lowest BCUT2D eigenvalue weighted by atomic mass is 9.79. The van der Waals surface area contributed by atoms with Crippen molar-refractivity contribution in [1.29, 1.82) is 0 Å². The van der Waals surface area contributed by atoms with Crippen LogP contribution in [0.1, 0.15) is 51.9 Å². The zero-order chi connectivity index (χ0) is 19.0. The molecule has 150 valence electrons. The number of allylic oxidation sites excluding steroid dienone is 1. The Hall–Kier alpha value is -1.08. The maximum atomic E-state index is 12.1. The van der Waals surface area contributed by atoms with Gasteiger partial charge in [-0.3, -0.25) is 0 Å². The summed E-state index contributed by atoms with van der Waals surface area (Å²) in [7, 11) is 0. The normalized spacial score (nSPS) is 30.5. The number of carbonyl (C=O) groups is 1. The summed E-state index contributed by atoms with van der Waals surface area (Å²) in [6.07, 6.45) is 7.35. The standard InChI is InChI=1S/C19H29F3O4/c1-2-3-4-14-5-7-15(8-6-14)9-10-16-11-24-17(25-12-16)13-26-18(23)19(20,21)22/h9-10,14-17H,2-8,11-13H2,1H3/b10-9+. The molecular weight excluding hydrogens is 349 g/mol. The molecule has 1 saturated carbocycles. The van der Waals surface area contributed by atoms with Crippen LogP contribution in [0.5, 0.6) is 0 Å². The first-order valence-corrected chi connectivity index (χ1v) is 9.54. The lowest BCUT2D eigenvalue weighted by Crippen LogP contribution is -2.37. The van der Waals surface area contributed by atoms with Crippen molar-refractivity contribution >= 4 is 5.97 Å². The third kappa shape index (κ3) is 7.27. The van der Waals surface area contributed by atoms with E-state index in [-0.39, 0.29) is 5.92 Å². The number of carbonyl (C=O) groups excluding carboxylic acids is 1. The fourth-order valence-electron chi connectivity index (χ4n) is 3.47. The summed E-state index contributed by atoms with van der Waals surface area (Å²) in [5.41, 5.74) is 0. The lowest BCUT2D eigenvalue weighted by Gasteiger charge is -2.29. The zero-order valence-electron chi connectivity index (χ0n) is 15.3. The molecule has 0 bridgehead atoms. The second kappa shape index (κ2) is 10.3. The largest absolute Gasteiger partial charge is 0.490 e. The SMILES string of the molecule is CCCCC1CCC(/C=C/C2COC(COC(=O)C(F)(F)F)OC2)CC1. The Kier molecular flexibility index (Phi) is 8.41. The first-order chi connectivity index (χ1) is 12.4. The molecule has 1 aliphatic carbocycles. The van der Waals surface area contributed by atoms with E-state index in [1.807, 2.05) is 0 Å². The van der Waals surface area contributed by atoms with Crippen molar-refractivity contribution in [3.8, 4) is 0 Å². The zero-order valence-corrected chi connectivity index (χ0v) is 15.3. The molecule has 0 amide bonds. The van der Waals surface area contributed by atoms with Crippen molar-refractivity contribution in [2.75, 3.05) is 19.8 Å². The van der Waals surface area contributed by atoms with Crippen LogP contribution >= 0.6 is 0 Å². The Morgan fingerprint density at radius 2 is 1.69 bits per heavy atom. The molecule has 0 aromatic carbocycles. The highest BCUT2D eigenvalue weighted by Crippen LogP contribution is 2.32. The third-order valence-corrected chi connectivity index (χ3v) is 5.09. The molecule has 0 atom stereocenters. The van der Waals surface area contributed by atoms with E-state index in [1.165, 1.54) is 44.9 Å². The molecule has 2 fully saturated rings. The molecule has 2 aliphatic rings. The van der Waals surface area contributed by atoms with E-state index in [9.17, 15) is 18.0 Å². The van der Waals surface area contributed by atoms with Gasteiger partial charge in [0.15, 0.2) is 6.29 Å². The van der Waals surface area contributed by atoms with Crippen molar-refractivity contribution in [1.82, 2.24) is 0 Å². The van der Waals surface area contributed by atoms with E-state index in [0.29, 0.717) is 19.1 Å². The van der Waals surface area contributed by atoms with E-state index in [2.05, 4.69) is 23.8 Å². The molecule has 0 unspecified atom stereocenters. The molecule has 1 heterocycles. The van der Waals surface area contributed by atoms with Gasteiger partial charge in [-0.2, -0.15) is 13.2 Å². The molecule has 0 aromatic rings. The van der Waals surface area contributed by atoms with Gasteiger partial charge in [-0.25, -0.2) is 4.79 Å². The van der Waals surface area contributed by atoms with Crippen molar-refractivity contribution < 1.29 is 32.2 Å². The molecule has 26 heavy (non-hydrogen) atoms. The van der Waals surface area contributed by atoms with E-state index in [1.54, 1.807) is 0 Å². The Balaban J connectivity index is 1.61. The smallest absolute Gasteiger partial charge is 0.454 e. The van der Waals surface area contributed by atoms with Gasteiger partial charge in [0.25, 0.3) is 0 Å².